The van der Waals surface area contributed by atoms with Gasteiger partial charge in [-0.2, -0.15) is 0 Å². The summed E-state index contributed by atoms with van der Waals surface area (Å²) in [7, 11) is 1.85. The van der Waals surface area contributed by atoms with Crippen LogP contribution in [0.2, 0.25) is 0 Å². The number of rotatable bonds is 3. The number of halogens is 1. The fraction of sp³-hybridized carbons (Fsp3) is 0.333. The first-order chi connectivity index (χ1) is 6.24. The van der Waals surface area contributed by atoms with E-state index in [1.807, 2.05) is 13.2 Å². The Morgan fingerprint density at radius 2 is 2.36 bits per heavy atom. The number of carbonyl (C=O) groups is 1. The van der Waals surface area contributed by atoms with Gasteiger partial charge in [0.1, 0.15) is 12.6 Å². The lowest BCUT2D eigenvalue weighted by atomic mass is 10.2. The average molecular weight is 308 g/mol. The Morgan fingerprint density at radius 1 is 1.64 bits per heavy atom. The summed E-state index contributed by atoms with van der Waals surface area (Å²) >= 11 is 0. The van der Waals surface area contributed by atoms with Crippen molar-refractivity contribution in [3.8, 4) is 0 Å². The molecule has 1 amide bonds. The van der Waals surface area contributed by atoms with Gasteiger partial charge in [-0.05, 0) is 6.07 Å². The Hall–Kier alpha value is -0.690. The number of aliphatic hydroxyl groups excluding tert-OH is 1. The van der Waals surface area contributed by atoms with Gasteiger partial charge in [0.15, 0.2) is 12.4 Å². The molecule has 0 fully saturated rings. The highest BCUT2D eigenvalue weighted by Crippen LogP contribution is 1.92. The predicted molar refractivity (Wildman–Crippen MR) is 47.0 cm³/mol. The highest BCUT2D eigenvalue weighted by molar-refractivity contribution is 5.93. The Labute approximate surface area is 100.0 Å². The third kappa shape index (κ3) is 4.01. The van der Waals surface area contributed by atoms with Crippen LogP contribution in [-0.2, 0) is 7.05 Å². The van der Waals surface area contributed by atoms with Gasteiger partial charge < -0.3 is 34.4 Å². The summed E-state index contributed by atoms with van der Waals surface area (Å²) in [5, 5.41) is 11.1. The fourth-order valence-electron chi connectivity index (χ4n) is 0.994. The molecule has 2 N–H and O–H groups in total. The molecule has 0 unspecified atom stereocenters. The number of aromatic nitrogens is 1. The summed E-state index contributed by atoms with van der Waals surface area (Å²) in [4.78, 5) is 11.3. The van der Waals surface area contributed by atoms with E-state index in [0.29, 0.717) is 5.56 Å². The normalized spacial score (nSPS) is 9.00. The van der Waals surface area contributed by atoms with E-state index in [4.69, 9.17) is 5.11 Å². The van der Waals surface area contributed by atoms with Crippen molar-refractivity contribution in [3.63, 3.8) is 0 Å². The van der Waals surface area contributed by atoms with E-state index < -0.39 is 0 Å². The molecule has 0 atom stereocenters. The lowest BCUT2D eigenvalue weighted by Gasteiger charge is -2.00. The summed E-state index contributed by atoms with van der Waals surface area (Å²) in [5.74, 6) is -0.162. The molecule has 0 aliphatic heterocycles. The van der Waals surface area contributed by atoms with E-state index in [-0.39, 0.29) is 43.0 Å². The number of hydrogen-bond donors (Lipinski definition) is 2. The third-order valence-electron chi connectivity index (χ3n) is 1.60. The lowest BCUT2D eigenvalue weighted by molar-refractivity contribution is -0.671. The van der Waals surface area contributed by atoms with Crippen molar-refractivity contribution >= 4 is 5.91 Å². The van der Waals surface area contributed by atoms with Gasteiger partial charge in [0, 0.05) is 12.6 Å². The molecule has 1 rings (SSSR count). The number of aryl methyl sites for hydroxylation is 1. The van der Waals surface area contributed by atoms with Gasteiger partial charge in [0.05, 0.1) is 6.61 Å². The van der Waals surface area contributed by atoms with Gasteiger partial charge in [-0.15, -0.1) is 0 Å². The molecular weight excluding hydrogens is 295 g/mol. The van der Waals surface area contributed by atoms with E-state index in [2.05, 4.69) is 5.32 Å². The van der Waals surface area contributed by atoms with Gasteiger partial charge >= 0.3 is 0 Å². The molecule has 5 heteroatoms. The topological polar surface area (TPSA) is 53.2 Å². The van der Waals surface area contributed by atoms with Crippen molar-refractivity contribution in [2.75, 3.05) is 13.2 Å². The second-order valence-corrected chi connectivity index (χ2v) is 2.74. The van der Waals surface area contributed by atoms with Crippen LogP contribution in [0.4, 0.5) is 0 Å². The first-order valence-corrected chi connectivity index (χ1v) is 4.08. The van der Waals surface area contributed by atoms with Crippen molar-refractivity contribution in [2.45, 2.75) is 0 Å². The first kappa shape index (κ1) is 13.3. The smallest absolute Gasteiger partial charge is 0.257 e. The maximum atomic E-state index is 11.3. The highest BCUT2D eigenvalue weighted by atomic mass is 127. The summed E-state index contributed by atoms with van der Waals surface area (Å²) in [6, 6.07) is 3.53. The predicted octanol–water partition coefficient (Wildman–Crippen LogP) is -3.76. The Balaban J connectivity index is 0.00000169. The molecule has 1 heterocycles. The Kier molecular flexibility index (Phi) is 6.39. The van der Waals surface area contributed by atoms with Gasteiger partial charge in [0.2, 0.25) is 0 Å². The van der Waals surface area contributed by atoms with E-state index >= 15 is 0 Å². The van der Waals surface area contributed by atoms with Gasteiger partial charge in [-0.25, -0.2) is 4.57 Å². The van der Waals surface area contributed by atoms with E-state index in [0.717, 1.165) is 0 Å². The molecule has 0 saturated heterocycles. The van der Waals surface area contributed by atoms with Crippen LogP contribution in [0, 0.1) is 0 Å². The molecule has 1 aromatic rings. The minimum atomic E-state index is -0.162. The summed E-state index contributed by atoms with van der Waals surface area (Å²) in [6.07, 6.45) is 3.58. The van der Waals surface area contributed by atoms with E-state index in [1.54, 1.807) is 22.9 Å². The van der Waals surface area contributed by atoms with E-state index in [1.165, 1.54) is 0 Å². The zero-order valence-corrected chi connectivity index (χ0v) is 10.1. The van der Waals surface area contributed by atoms with Crippen LogP contribution in [-0.4, -0.2) is 24.2 Å². The molecule has 0 aliphatic carbocycles. The number of amides is 1. The number of pyridine rings is 1. The van der Waals surface area contributed by atoms with Gasteiger partial charge in [0.25, 0.3) is 5.91 Å². The fourth-order valence-corrected chi connectivity index (χ4v) is 0.994. The monoisotopic (exact) mass is 308 g/mol. The Morgan fingerprint density at radius 3 is 2.93 bits per heavy atom. The van der Waals surface area contributed by atoms with Crippen LogP contribution < -0.4 is 33.9 Å². The molecule has 78 valence electrons. The molecule has 0 spiro atoms. The van der Waals surface area contributed by atoms with Crippen LogP contribution >= 0.6 is 0 Å². The maximum absolute atomic E-state index is 11.3. The molecular formula is C9H13IN2O2. The molecule has 0 saturated carbocycles. The second-order valence-electron chi connectivity index (χ2n) is 2.74. The van der Waals surface area contributed by atoms with Crippen LogP contribution in [0.1, 0.15) is 10.4 Å². The van der Waals surface area contributed by atoms with Crippen LogP contribution in [0.3, 0.4) is 0 Å². The number of carbonyl (C=O) groups excluding carboxylic acids is 1. The van der Waals surface area contributed by atoms with Crippen molar-refractivity contribution in [3.05, 3.63) is 30.1 Å². The third-order valence-corrected chi connectivity index (χ3v) is 1.60. The summed E-state index contributed by atoms with van der Waals surface area (Å²) in [6.45, 7) is 0.252. The van der Waals surface area contributed by atoms with E-state index in [9.17, 15) is 4.79 Å². The first-order valence-electron chi connectivity index (χ1n) is 4.08. The highest BCUT2D eigenvalue weighted by Gasteiger charge is 2.06. The second kappa shape index (κ2) is 6.72. The van der Waals surface area contributed by atoms with Gasteiger partial charge in [-0.1, -0.05) is 0 Å². The number of nitrogens with zero attached hydrogens (tertiary/aromatic N) is 1. The summed E-state index contributed by atoms with van der Waals surface area (Å²) < 4.78 is 1.80. The minimum Gasteiger partial charge on any atom is -1.00 e. The molecule has 0 bridgehead atoms. The number of aliphatic hydroxyl groups is 1. The molecule has 1 aromatic heterocycles. The molecule has 4 nitrogen and oxygen atoms in total. The van der Waals surface area contributed by atoms with Crippen LogP contribution in [0.5, 0.6) is 0 Å². The Bertz CT molecular complexity index is 305. The standard InChI is InChI=1S/C9H12N2O2.HI/c1-11-5-2-3-8(7-11)9(13)10-4-6-12;/h2-3,5,7,12H,4,6H2,1H3;1H. The maximum Gasteiger partial charge on any atom is 0.257 e. The zero-order chi connectivity index (χ0) is 9.68. The molecule has 0 aromatic carbocycles. The molecule has 14 heavy (non-hydrogen) atoms. The van der Waals surface area contributed by atoms with Crippen molar-refractivity contribution < 1.29 is 38.4 Å². The lowest BCUT2D eigenvalue weighted by Crippen LogP contribution is -3.00. The number of nitrogens with one attached hydrogen (secondary N) is 1. The zero-order valence-electron chi connectivity index (χ0n) is 7.90. The minimum absolute atomic E-state index is 0. The SMILES string of the molecule is C[n+]1cccc(C(=O)NCCO)c1.[I-]. The van der Waals surface area contributed by atoms with Crippen molar-refractivity contribution in [1.82, 2.24) is 5.32 Å². The average Bonchev–Trinajstić information content (AvgIpc) is 2.14. The quantitative estimate of drug-likeness (QED) is 0.445. The van der Waals surface area contributed by atoms with Gasteiger partial charge in [-0.3, -0.25) is 4.79 Å². The van der Waals surface area contributed by atoms with Crippen molar-refractivity contribution in [2.24, 2.45) is 7.05 Å². The van der Waals surface area contributed by atoms with Crippen LogP contribution in [0.15, 0.2) is 24.5 Å². The van der Waals surface area contributed by atoms with Crippen LogP contribution in [0.25, 0.3) is 0 Å². The molecule has 0 aliphatic rings. The largest absolute Gasteiger partial charge is 1.00 e. The number of hydrogen-bond acceptors (Lipinski definition) is 2. The molecule has 0 radical (unpaired) electrons. The van der Waals surface area contributed by atoms with Crippen molar-refractivity contribution in [1.29, 1.82) is 0 Å². The summed E-state index contributed by atoms with van der Waals surface area (Å²) in [5.41, 5.74) is 0.596.